The van der Waals surface area contributed by atoms with Crippen molar-refractivity contribution >= 4 is 44.2 Å². The molecule has 6 nitrogen and oxygen atoms in total. The Labute approximate surface area is 160 Å². The lowest BCUT2D eigenvalue weighted by atomic mass is 10.2. The number of hydrogen-bond donors (Lipinski definition) is 0. The van der Waals surface area contributed by atoms with E-state index in [1.807, 2.05) is 0 Å². The summed E-state index contributed by atoms with van der Waals surface area (Å²) in [7, 11) is -1.34. The van der Waals surface area contributed by atoms with E-state index < -0.39 is 10.1 Å². The Bertz CT molecular complexity index is 1090. The lowest BCUT2D eigenvalue weighted by molar-refractivity contribution is 0.353. The van der Waals surface area contributed by atoms with Crippen LogP contribution in [0.1, 0.15) is 0 Å². The zero-order valence-electron chi connectivity index (χ0n) is 13.7. The van der Waals surface area contributed by atoms with Gasteiger partial charge in [-0.1, -0.05) is 23.2 Å². The molecule has 0 fully saturated rings. The Morgan fingerprint density at radius 2 is 1.69 bits per heavy atom. The molecule has 3 aromatic rings. The van der Waals surface area contributed by atoms with Crippen molar-refractivity contribution in [3.63, 3.8) is 0 Å². The molecule has 1 heterocycles. The monoisotopic (exact) mass is 413 g/mol. The van der Waals surface area contributed by atoms with Gasteiger partial charge in [-0.2, -0.15) is 8.42 Å². The minimum absolute atomic E-state index is 0.0326. The van der Waals surface area contributed by atoms with Crippen LogP contribution in [0.3, 0.4) is 0 Å². The van der Waals surface area contributed by atoms with Gasteiger partial charge in [0, 0.05) is 17.6 Å². The highest BCUT2D eigenvalue weighted by Gasteiger charge is 2.23. The molecule has 0 aliphatic rings. The summed E-state index contributed by atoms with van der Waals surface area (Å²) in [6.07, 6.45) is 1.49. The summed E-state index contributed by atoms with van der Waals surface area (Å²) in [6, 6.07) is 8.89. The molecule has 0 saturated carbocycles. The molecule has 1 aromatic heterocycles. The molecule has 9 heteroatoms. The van der Waals surface area contributed by atoms with Gasteiger partial charge in [-0.3, -0.25) is 4.98 Å². The smallest absolute Gasteiger partial charge is 0.339 e. The van der Waals surface area contributed by atoms with Crippen molar-refractivity contribution in [2.75, 3.05) is 14.2 Å². The van der Waals surface area contributed by atoms with Gasteiger partial charge < -0.3 is 13.7 Å². The molecule has 0 saturated heterocycles. The Hall–Kier alpha value is -2.22. The molecule has 0 aliphatic heterocycles. The van der Waals surface area contributed by atoms with E-state index in [0.717, 1.165) is 0 Å². The molecule has 0 amide bonds. The fraction of sp³-hybridized carbons (Fsp3) is 0.118. The summed E-state index contributed by atoms with van der Waals surface area (Å²) in [4.78, 5) is 4.02. The van der Waals surface area contributed by atoms with Crippen molar-refractivity contribution in [1.29, 1.82) is 0 Å². The van der Waals surface area contributed by atoms with Crippen molar-refractivity contribution in [2.24, 2.45) is 0 Å². The summed E-state index contributed by atoms with van der Waals surface area (Å²) in [5.41, 5.74) is 0.244. The predicted octanol–water partition coefficient (Wildman–Crippen LogP) is 4.33. The molecule has 136 valence electrons. The Balaban J connectivity index is 2.10. The van der Waals surface area contributed by atoms with Crippen LogP contribution in [0.15, 0.2) is 47.5 Å². The van der Waals surface area contributed by atoms with Gasteiger partial charge in [0.1, 0.15) is 10.4 Å². The van der Waals surface area contributed by atoms with Gasteiger partial charge >= 0.3 is 10.1 Å². The molecule has 0 bridgehead atoms. The van der Waals surface area contributed by atoms with Gasteiger partial charge in [-0.05, 0) is 30.3 Å². The van der Waals surface area contributed by atoms with Crippen molar-refractivity contribution in [1.82, 2.24) is 4.98 Å². The van der Waals surface area contributed by atoms with E-state index in [1.165, 1.54) is 44.7 Å². The third-order valence-electron chi connectivity index (χ3n) is 3.59. The highest BCUT2D eigenvalue weighted by atomic mass is 35.5. The number of aromatic nitrogens is 1. The lowest BCUT2D eigenvalue weighted by Crippen LogP contribution is -2.11. The summed E-state index contributed by atoms with van der Waals surface area (Å²) in [6.45, 7) is 0. The highest BCUT2D eigenvalue weighted by Crippen LogP contribution is 2.39. The fourth-order valence-electron chi connectivity index (χ4n) is 2.36. The largest absolute Gasteiger partial charge is 0.493 e. The van der Waals surface area contributed by atoms with Crippen molar-refractivity contribution in [2.45, 2.75) is 4.90 Å². The lowest BCUT2D eigenvalue weighted by Gasteiger charge is -2.13. The molecular formula is C17H13Cl2NO5S. The van der Waals surface area contributed by atoms with Crippen LogP contribution >= 0.6 is 23.2 Å². The Morgan fingerprint density at radius 1 is 0.962 bits per heavy atom. The van der Waals surface area contributed by atoms with E-state index in [-0.39, 0.29) is 26.9 Å². The predicted molar refractivity (Wildman–Crippen MR) is 99.1 cm³/mol. The maximum Gasteiger partial charge on any atom is 0.339 e. The number of fused-ring (bicyclic) bond motifs is 1. The first-order valence-electron chi connectivity index (χ1n) is 7.26. The van der Waals surface area contributed by atoms with Crippen LogP contribution in [-0.4, -0.2) is 27.6 Å². The first-order valence-corrected chi connectivity index (χ1v) is 9.43. The first-order chi connectivity index (χ1) is 12.4. The third kappa shape index (κ3) is 3.38. The van der Waals surface area contributed by atoms with Crippen LogP contribution in [0.5, 0.6) is 17.2 Å². The maximum atomic E-state index is 12.7. The van der Waals surface area contributed by atoms with Gasteiger partial charge in [0.25, 0.3) is 0 Å². The van der Waals surface area contributed by atoms with Gasteiger partial charge in [0.15, 0.2) is 17.2 Å². The second kappa shape index (κ2) is 7.19. The van der Waals surface area contributed by atoms with E-state index in [9.17, 15) is 8.42 Å². The second-order valence-corrected chi connectivity index (χ2v) is 7.48. The molecule has 2 aromatic carbocycles. The second-order valence-electron chi connectivity index (χ2n) is 5.12. The summed E-state index contributed by atoms with van der Waals surface area (Å²) >= 11 is 12.3. The van der Waals surface area contributed by atoms with Crippen LogP contribution in [0, 0.1) is 0 Å². The summed E-state index contributed by atoms with van der Waals surface area (Å²) in [5, 5.41) is 0.898. The Kier molecular flexibility index (Phi) is 5.13. The molecule has 0 aliphatic carbocycles. The van der Waals surface area contributed by atoms with Crippen LogP contribution in [-0.2, 0) is 10.1 Å². The quantitative estimate of drug-likeness (QED) is 0.579. The van der Waals surface area contributed by atoms with Gasteiger partial charge in [-0.15, -0.1) is 0 Å². The topological polar surface area (TPSA) is 74.7 Å². The van der Waals surface area contributed by atoms with E-state index in [2.05, 4.69) is 4.98 Å². The zero-order valence-corrected chi connectivity index (χ0v) is 16.0. The molecular weight excluding hydrogens is 401 g/mol. The SMILES string of the molecule is COc1ccc(S(=O)(=O)Oc2c(Cl)cc(Cl)c3cccnc23)cc1OC. The first kappa shape index (κ1) is 18.6. The average molecular weight is 414 g/mol. The van der Waals surface area contributed by atoms with Gasteiger partial charge in [0.2, 0.25) is 0 Å². The number of rotatable bonds is 5. The molecule has 0 N–H and O–H groups in total. The standard InChI is InChI=1S/C17H13Cl2NO5S/c1-23-14-6-5-10(8-15(14)24-2)26(21,22)25-17-13(19)9-12(18)11-4-3-7-20-16(11)17/h3-9H,1-2H3. The number of ether oxygens (including phenoxy) is 2. The number of nitrogens with zero attached hydrogens (tertiary/aromatic N) is 1. The van der Waals surface area contributed by atoms with Gasteiger partial charge in [-0.25, -0.2) is 0 Å². The number of hydrogen-bond acceptors (Lipinski definition) is 6. The molecule has 0 unspecified atom stereocenters. The van der Waals surface area contributed by atoms with E-state index in [1.54, 1.807) is 12.1 Å². The molecule has 3 rings (SSSR count). The fourth-order valence-corrected chi connectivity index (χ4v) is 3.93. The molecule has 0 spiro atoms. The van der Waals surface area contributed by atoms with Crippen LogP contribution < -0.4 is 13.7 Å². The summed E-state index contributed by atoms with van der Waals surface area (Å²) in [5.74, 6) is 0.548. The number of benzene rings is 2. The van der Waals surface area contributed by atoms with Crippen LogP contribution in [0.4, 0.5) is 0 Å². The highest BCUT2D eigenvalue weighted by molar-refractivity contribution is 7.87. The normalized spacial score (nSPS) is 11.4. The van der Waals surface area contributed by atoms with Crippen LogP contribution in [0.2, 0.25) is 10.0 Å². The average Bonchev–Trinajstić information content (AvgIpc) is 2.64. The minimum Gasteiger partial charge on any atom is -0.493 e. The molecule has 0 atom stereocenters. The van der Waals surface area contributed by atoms with Crippen molar-refractivity contribution in [3.8, 4) is 17.2 Å². The summed E-state index contributed by atoms with van der Waals surface area (Å²) < 4.78 is 40.9. The molecule has 0 radical (unpaired) electrons. The van der Waals surface area contributed by atoms with Crippen molar-refractivity contribution < 1.29 is 22.1 Å². The van der Waals surface area contributed by atoms with Crippen molar-refractivity contribution in [3.05, 3.63) is 52.6 Å². The van der Waals surface area contributed by atoms with E-state index >= 15 is 0 Å². The number of pyridine rings is 1. The third-order valence-corrected chi connectivity index (χ3v) is 5.40. The number of methoxy groups -OCH3 is 2. The zero-order chi connectivity index (χ0) is 18.9. The minimum atomic E-state index is -4.20. The van der Waals surface area contributed by atoms with Crippen LogP contribution in [0.25, 0.3) is 10.9 Å². The van der Waals surface area contributed by atoms with E-state index in [0.29, 0.717) is 16.2 Å². The maximum absolute atomic E-state index is 12.7. The Morgan fingerprint density at radius 3 is 2.38 bits per heavy atom. The molecule has 26 heavy (non-hydrogen) atoms. The van der Waals surface area contributed by atoms with E-state index in [4.69, 9.17) is 36.9 Å². The van der Waals surface area contributed by atoms with Gasteiger partial charge in [0.05, 0.1) is 24.3 Å². The number of halogens is 2.